The van der Waals surface area contributed by atoms with Crippen LogP contribution < -0.4 is 16.0 Å². The number of piperidine rings is 1. The third kappa shape index (κ3) is 3.18. The molecule has 1 aliphatic carbocycles. The molecular weight excluding hydrogens is 425 g/mol. The minimum absolute atomic E-state index is 0.254. The van der Waals surface area contributed by atoms with Crippen LogP contribution in [-0.4, -0.2) is 45.6 Å². The highest BCUT2D eigenvalue weighted by atomic mass is 32.2. The summed E-state index contributed by atoms with van der Waals surface area (Å²) in [4.78, 5) is 19.8. The van der Waals surface area contributed by atoms with E-state index in [1.165, 1.54) is 6.07 Å². The fraction of sp³-hybridized carbons (Fsp3) is 0.348. The maximum absolute atomic E-state index is 14.5. The zero-order valence-electron chi connectivity index (χ0n) is 17.7. The van der Waals surface area contributed by atoms with Gasteiger partial charge in [-0.15, -0.1) is 0 Å². The molecule has 164 valence electrons. The molecule has 4 aromatic rings. The van der Waals surface area contributed by atoms with Gasteiger partial charge in [0.05, 0.1) is 16.6 Å². The zero-order valence-corrected chi connectivity index (χ0v) is 18.5. The van der Waals surface area contributed by atoms with E-state index in [1.54, 1.807) is 31.1 Å². The smallest absolute Gasteiger partial charge is 0.191 e. The minimum Gasteiger partial charge on any atom is -0.386 e. The standard InChI is InChI=1S/C23H24FN7S/c1-26-18-7-14(24)6-16-19-21(28-20(16)18)29-23(32-11-12-3-2-4-27-9-12)30-22(19)31-10-13-5-15(31)8-17(13)25/h2-4,6-7,9,13,15,17,26H,5,8,10-11,25H2,1H3,(H,28,29,30)/t13-,15-,17-/m1/s1. The maximum Gasteiger partial charge on any atom is 0.191 e. The van der Waals surface area contributed by atoms with Crippen LogP contribution in [0.15, 0.2) is 41.8 Å². The fourth-order valence-electron chi connectivity index (χ4n) is 5.18. The minimum atomic E-state index is -0.284. The molecule has 3 atom stereocenters. The van der Waals surface area contributed by atoms with E-state index in [4.69, 9.17) is 15.7 Å². The largest absolute Gasteiger partial charge is 0.386 e. The van der Waals surface area contributed by atoms with Gasteiger partial charge in [-0.3, -0.25) is 4.98 Å². The molecule has 0 spiro atoms. The molecule has 4 N–H and O–H groups in total. The van der Waals surface area contributed by atoms with Gasteiger partial charge in [0.25, 0.3) is 0 Å². The Hall–Kier alpha value is -2.91. The summed E-state index contributed by atoms with van der Waals surface area (Å²) < 4.78 is 14.5. The van der Waals surface area contributed by atoms with Gasteiger partial charge in [-0.1, -0.05) is 17.8 Å². The van der Waals surface area contributed by atoms with E-state index in [1.807, 2.05) is 18.3 Å². The maximum atomic E-state index is 14.5. The predicted molar refractivity (Wildman–Crippen MR) is 127 cm³/mol. The number of fused-ring (bicyclic) bond motifs is 5. The summed E-state index contributed by atoms with van der Waals surface area (Å²) in [6, 6.07) is 7.67. The van der Waals surface area contributed by atoms with Gasteiger partial charge in [-0.25, -0.2) is 14.4 Å². The van der Waals surface area contributed by atoms with Gasteiger partial charge in [0.1, 0.15) is 17.3 Å². The lowest BCUT2D eigenvalue weighted by Crippen LogP contribution is -2.41. The number of H-pyrrole nitrogens is 1. The first-order valence-corrected chi connectivity index (χ1v) is 11.8. The molecule has 1 saturated carbocycles. The average molecular weight is 450 g/mol. The molecule has 3 aromatic heterocycles. The van der Waals surface area contributed by atoms with Gasteiger partial charge in [-0.05, 0) is 42.5 Å². The highest BCUT2D eigenvalue weighted by molar-refractivity contribution is 7.98. The van der Waals surface area contributed by atoms with Crippen LogP contribution in [0.3, 0.4) is 0 Å². The van der Waals surface area contributed by atoms with Gasteiger partial charge in [-0.2, -0.15) is 0 Å². The second kappa shape index (κ2) is 7.60. The lowest BCUT2D eigenvalue weighted by atomic mass is 10.0. The molecule has 1 aromatic carbocycles. The Labute approximate surface area is 189 Å². The van der Waals surface area contributed by atoms with E-state index in [2.05, 4.69) is 20.2 Å². The van der Waals surface area contributed by atoms with Crippen molar-refractivity contribution in [3.8, 4) is 0 Å². The van der Waals surface area contributed by atoms with Gasteiger partial charge in [0.15, 0.2) is 5.16 Å². The van der Waals surface area contributed by atoms with Crippen LogP contribution in [0, 0.1) is 11.7 Å². The first-order chi connectivity index (χ1) is 15.6. The van der Waals surface area contributed by atoms with Crippen molar-refractivity contribution in [3.63, 3.8) is 0 Å². The van der Waals surface area contributed by atoms with Crippen molar-refractivity contribution in [2.75, 3.05) is 23.8 Å². The van der Waals surface area contributed by atoms with Crippen LogP contribution >= 0.6 is 11.8 Å². The third-order valence-corrected chi connectivity index (χ3v) is 7.63. The summed E-state index contributed by atoms with van der Waals surface area (Å²) in [5.41, 5.74) is 9.70. The number of nitrogens with zero attached hydrogens (tertiary/aromatic N) is 4. The molecule has 1 aliphatic heterocycles. The van der Waals surface area contributed by atoms with Gasteiger partial charge < -0.3 is 20.9 Å². The lowest BCUT2D eigenvalue weighted by molar-refractivity contribution is 0.471. The first kappa shape index (κ1) is 19.8. The number of hydrogen-bond donors (Lipinski definition) is 3. The molecule has 2 aliphatic rings. The van der Waals surface area contributed by atoms with Crippen molar-refractivity contribution in [1.82, 2.24) is 19.9 Å². The summed E-state index contributed by atoms with van der Waals surface area (Å²) in [6.07, 6.45) is 5.68. The van der Waals surface area contributed by atoms with E-state index in [-0.39, 0.29) is 11.9 Å². The van der Waals surface area contributed by atoms with Crippen LogP contribution in [0.25, 0.3) is 21.9 Å². The Morgan fingerprint density at radius 1 is 1.31 bits per heavy atom. The fourth-order valence-corrected chi connectivity index (χ4v) is 5.95. The van der Waals surface area contributed by atoms with E-state index < -0.39 is 0 Å². The van der Waals surface area contributed by atoms with Crippen LogP contribution in [-0.2, 0) is 5.75 Å². The number of aromatic nitrogens is 4. The van der Waals surface area contributed by atoms with Crippen molar-refractivity contribution >= 4 is 45.2 Å². The summed E-state index contributed by atoms with van der Waals surface area (Å²) in [7, 11) is 1.79. The molecule has 1 saturated heterocycles. The van der Waals surface area contributed by atoms with E-state index in [9.17, 15) is 4.39 Å². The number of nitrogens with one attached hydrogen (secondary N) is 2. The summed E-state index contributed by atoms with van der Waals surface area (Å²) >= 11 is 1.58. The molecule has 0 unspecified atom stereocenters. The summed E-state index contributed by atoms with van der Waals surface area (Å²) in [6.45, 7) is 0.880. The van der Waals surface area contributed by atoms with Crippen LogP contribution in [0.4, 0.5) is 15.9 Å². The molecule has 2 fully saturated rings. The van der Waals surface area contributed by atoms with Crippen LogP contribution in [0.5, 0.6) is 0 Å². The van der Waals surface area contributed by atoms with Crippen molar-refractivity contribution in [3.05, 3.63) is 48.0 Å². The van der Waals surface area contributed by atoms with Crippen LogP contribution in [0.1, 0.15) is 18.4 Å². The number of hydrogen-bond acceptors (Lipinski definition) is 7. The predicted octanol–water partition coefficient (Wildman–Crippen LogP) is 3.91. The summed E-state index contributed by atoms with van der Waals surface area (Å²) in [5, 5.41) is 5.47. The highest BCUT2D eigenvalue weighted by Gasteiger charge is 2.44. The number of rotatable bonds is 5. The first-order valence-electron chi connectivity index (χ1n) is 10.9. The Bertz CT molecular complexity index is 1310. The topological polar surface area (TPSA) is 95.8 Å². The van der Waals surface area contributed by atoms with E-state index in [0.29, 0.717) is 22.8 Å². The lowest BCUT2D eigenvalue weighted by Gasteiger charge is -2.31. The van der Waals surface area contributed by atoms with Gasteiger partial charge in [0.2, 0.25) is 0 Å². The van der Waals surface area contributed by atoms with Crippen molar-refractivity contribution in [1.29, 1.82) is 0 Å². The third-order valence-electron chi connectivity index (χ3n) is 6.71. The normalized spacial score (nSPS) is 22.3. The van der Waals surface area contributed by atoms with Crippen molar-refractivity contribution < 1.29 is 4.39 Å². The van der Waals surface area contributed by atoms with Gasteiger partial charge in [0, 0.05) is 49.2 Å². The second-order valence-corrected chi connectivity index (χ2v) is 9.60. The number of pyridine rings is 1. The Morgan fingerprint density at radius 2 is 2.22 bits per heavy atom. The Morgan fingerprint density at radius 3 is 2.94 bits per heavy atom. The van der Waals surface area contributed by atoms with Crippen LogP contribution in [0.2, 0.25) is 0 Å². The van der Waals surface area contributed by atoms with Crippen molar-refractivity contribution in [2.24, 2.45) is 11.7 Å². The molecule has 0 amide bonds. The molecule has 32 heavy (non-hydrogen) atoms. The molecule has 7 nitrogen and oxygen atoms in total. The number of aromatic amines is 1. The van der Waals surface area contributed by atoms with E-state index >= 15 is 0 Å². The molecule has 9 heteroatoms. The quantitative estimate of drug-likeness (QED) is 0.314. The van der Waals surface area contributed by atoms with E-state index in [0.717, 1.165) is 58.5 Å². The number of anilines is 2. The second-order valence-electron chi connectivity index (χ2n) is 8.66. The number of thioether (sulfide) groups is 1. The molecule has 4 heterocycles. The molecule has 0 radical (unpaired) electrons. The molecule has 2 bridgehead atoms. The Balaban J connectivity index is 1.50. The SMILES string of the molecule is CNc1cc(F)cc2c1[nH]c1nc(SCc3cccnc3)nc(N3C[C@H]4C[C@@H]3C[C@H]4N)c12. The van der Waals surface area contributed by atoms with Crippen molar-refractivity contribution in [2.45, 2.75) is 35.8 Å². The molecular formula is C23H24FN7S. The number of nitrogens with two attached hydrogens (primary N) is 1. The zero-order chi connectivity index (χ0) is 21.8. The molecule has 6 rings (SSSR count). The monoisotopic (exact) mass is 449 g/mol. The number of halogens is 1. The average Bonchev–Trinajstić information content (AvgIpc) is 3.49. The van der Waals surface area contributed by atoms with Gasteiger partial charge >= 0.3 is 0 Å². The summed E-state index contributed by atoms with van der Waals surface area (Å²) in [5.74, 6) is 1.80. The highest BCUT2D eigenvalue weighted by Crippen LogP contribution is 2.44. The number of benzene rings is 1. The Kier molecular flexibility index (Phi) is 4.69.